The van der Waals surface area contributed by atoms with Crippen LogP contribution in [0.4, 0.5) is 0 Å². The number of carboxylic acid groups (broad SMARTS) is 1. The Bertz CT molecular complexity index is 495. The molecule has 8 nitrogen and oxygen atoms in total. The van der Waals surface area contributed by atoms with Crippen molar-refractivity contribution in [3.05, 3.63) is 11.4 Å². The third-order valence-electron chi connectivity index (χ3n) is 3.04. The topological polar surface area (TPSA) is 123 Å². The average molecular weight is 267 g/mol. The second kappa shape index (κ2) is 5.35. The molecule has 1 unspecified atom stereocenters. The molecule has 0 aliphatic heterocycles. The highest BCUT2D eigenvalue weighted by Gasteiger charge is 2.29. The first-order valence-electron chi connectivity index (χ1n) is 6.22. The molecule has 1 aliphatic carbocycles. The van der Waals surface area contributed by atoms with Crippen LogP contribution in [0.3, 0.4) is 0 Å². The number of nitrogens with one attached hydrogen (secondary N) is 1. The minimum Gasteiger partial charge on any atom is -0.476 e. The number of carbonyl (C=O) groups is 2. The number of amides is 1. The van der Waals surface area contributed by atoms with Crippen LogP contribution in [0.15, 0.2) is 0 Å². The molecule has 1 heterocycles. The highest BCUT2D eigenvalue weighted by Crippen LogP contribution is 2.20. The number of hydrogen-bond donors (Lipinski definition) is 3. The van der Waals surface area contributed by atoms with Crippen LogP contribution in [0, 0.1) is 0 Å². The Morgan fingerprint density at radius 2 is 2.26 bits per heavy atom. The standard InChI is InChI=1S/C11H17N5O3/c1-6(10(17)13-7-2-3-7)16-8(4-5-12)9(11(18)19)14-15-16/h6-7H,2-5,12H2,1H3,(H,13,17)(H,18,19). The smallest absolute Gasteiger partial charge is 0.358 e. The van der Waals surface area contributed by atoms with Crippen molar-refractivity contribution in [1.82, 2.24) is 20.3 Å². The molecule has 1 atom stereocenters. The summed E-state index contributed by atoms with van der Waals surface area (Å²) in [6.07, 6.45) is 2.30. The molecule has 1 aromatic heterocycles. The predicted molar refractivity (Wildman–Crippen MR) is 65.6 cm³/mol. The number of nitrogens with zero attached hydrogens (tertiary/aromatic N) is 3. The Morgan fingerprint density at radius 3 is 2.79 bits per heavy atom. The number of nitrogens with two attached hydrogens (primary N) is 1. The molecule has 19 heavy (non-hydrogen) atoms. The van der Waals surface area contributed by atoms with Crippen LogP contribution in [-0.4, -0.2) is 44.6 Å². The zero-order valence-electron chi connectivity index (χ0n) is 10.7. The van der Waals surface area contributed by atoms with Crippen LogP contribution < -0.4 is 11.1 Å². The average Bonchev–Trinajstić information content (AvgIpc) is 3.06. The van der Waals surface area contributed by atoms with Gasteiger partial charge in [-0.1, -0.05) is 5.21 Å². The van der Waals surface area contributed by atoms with E-state index in [2.05, 4.69) is 15.6 Å². The first kappa shape index (κ1) is 13.5. The van der Waals surface area contributed by atoms with Crippen LogP contribution in [0.2, 0.25) is 0 Å². The molecule has 0 spiro atoms. The molecule has 0 bridgehead atoms. The summed E-state index contributed by atoms with van der Waals surface area (Å²) in [7, 11) is 0. The molecule has 4 N–H and O–H groups in total. The lowest BCUT2D eigenvalue weighted by atomic mass is 10.2. The monoisotopic (exact) mass is 267 g/mol. The molecule has 0 radical (unpaired) electrons. The summed E-state index contributed by atoms with van der Waals surface area (Å²) < 4.78 is 1.34. The molecular formula is C11H17N5O3. The second-order valence-electron chi connectivity index (χ2n) is 4.63. The highest BCUT2D eigenvalue weighted by molar-refractivity contribution is 5.87. The van der Waals surface area contributed by atoms with Crippen LogP contribution in [0.5, 0.6) is 0 Å². The predicted octanol–water partition coefficient (Wildman–Crippen LogP) is -0.683. The number of rotatable bonds is 6. The molecule has 0 aromatic carbocycles. The van der Waals surface area contributed by atoms with Gasteiger partial charge in [-0.05, 0) is 26.3 Å². The first-order valence-corrected chi connectivity index (χ1v) is 6.22. The lowest BCUT2D eigenvalue weighted by Crippen LogP contribution is -2.34. The van der Waals surface area contributed by atoms with Crippen LogP contribution in [0.25, 0.3) is 0 Å². The number of carboxylic acids is 1. The van der Waals surface area contributed by atoms with E-state index in [-0.39, 0.29) is 24.2 Å². The number of carbonyl (C=O) groups excluding carboxylic acids is 1. The summed E-state index contributed by atoms with van der Waals surface area (Å²) in [5.74, 6) is -1.34. The van der Waals surface area contributed by atoms with Gasteiger partial charge in [-0.2, -0.15) is 0 Å². The minimum absolute atomic E-state index is 0.142. The van der Waals surface area contributed by atoms with Gasteiger partial charge in [0.1, 0.15) is 6.04 Å². The Balaban J connectivity index is 2.21. The Labute approximate surface area is 110 Å². The lowest BCUT2D eigenvalue weighted by Gasteiger charge is -2.14. The first-order chi connectivity index (χ1) is 9.04. The molecule has 104 valence electrons. The largest absolute Gasteiger partial charge is 0.476 e. The van der Waals surface area contributed by atoms with Gasteiger partial charge in [-0.3, -0.25) is 4.79 Å². The number of hydrogen-bond acceptors (Lipinski definition) is 5. The Kier molecular flexibility index (Phi) is 3.79. The maximum absolute atomic E-state index is 12.0. The van der Waals surface area contributed by atoms with Crippen LogP contribution >= 0.6 is 0 Å². The fraction of sp³-hybridized carbons (Fsp3) is 0.636. The third kappa shape index (κ3) is 2.90. The van der Waals surface area contributed by atoms with Crippen LogP contribution in [0.1, 0.15) is 42.0 Å². The SMILES string of the molecule is CC(C(=O)NC1CC1)n1nnc(C(=O)O)c1CCN. The van der Waals surface area contributed by atoms with E-state index in [0.717, 1.165) is 12.8 Å². The Morgan fingerprint density at radius 1 is 1.58 bits per heavy atom. The van der Waals surface area contributed by atoms with Crippen molar-refractivity contribution >= 4 is 11.9 Å². The van der Waals surface area contributed by atoms with Crippen molar-refractivity contribution < 1.29 is 14.7 Å². The van der Waals surface area contributed by atoms with E-state index in [1.54, 1.807) is 6.92 Å². The summed E-state index contributed by atoms with van der Waals surface area (Å²) >= 11 is 0. The van der Waals surface area contributed by atoms with Gasteiger partial charge in [0.15, 0.2) is 5.69 Å². The zero-order valence-corrected chi connectivity index (χ0v) is 10.7. The number of aromatic nitrogens is 3. The second-order valence-corrected chi connectivity index (χ2v) is 4.63. The molecule has 1 aliphatic rings. The van der Waals surface area contributed by atoms with Crippen molar-refractivity contribution in [3.63, 3.8) is 0 Å². The quantitative estimate of drug-likeness (QED) is 0.627. The van der Waals surface area contributed by atoms with E-state index < -0.39 is 12.0 Å². The van der Waals surface area contributed by atoms with Crippen molar-refractivity contribution in [2.24, 2.45) is 5.73 Å². The molecule has 1 saturated carbocycles. The van der Waals surface area contributed by atoms with Gasteiger partial charge in [0.25, 0.3) is 0 Å². The molecular weight excluding hydrogens is 250 g/mol. The molecule has 8 heteroatoms. The molecule has 0 saturated heterocycles. The zero-order chi connectivity index (χ0) is 14.0. The fourth-order valence-electron chi connectivity index (χ4n) is 1.82. The summed E-state index contributed by atoms with van der Waals surface area (Å²) in [5, 5.41) is 19.3. The number of aromatic carboxylic acids is 1. The van der Waals surface area contributed by atoms with E-state index in [9.17, 15) is 9.59 Å². The third-order valence-corrected chi connectivity index (χ3v) is 3.04. The van der Waals surface area contributed by atoms with Gasteiger partial charge >= 0.3 is 5.97 Å². The maximum Gasteiger partial charge on any atom is 0.358 e. The normalized spacial score (nSPS) is 16.1. The van der Waals surface area contributed by atoms with E-state index >= 15 is 0 Å². The van der Waals surface area contributed by atoms with Crippen molar-refractivity contribution in [3.8, 4) is 0 Å². The van der Waals surface area contributed by atoms with Crippen molar-refractivity contribution in [2.75, 3.05) is 6.54 Å². The summed E-state index contributed by atoms with van der Waals surface area (Å²) in [6.45, 7) is 1.93. The van der Waals surface area contributed by atoms with Gasteiger partial charge in [0, 0.05) is 12.5 Å². The van der Waals surface area contributed by atoms with Gasteiger partial charge in [-0.15, -0.1) is 5.10 Å². The molecule has 1 amide bonds. The minimum atomic E-state index is -1.16. The van der Waals surface area contributed by atoms with Crippen molar-refractivity contribution in [2.45, 2.75) is 38.3 Å². The maximum atomic E-state index is 12.0. The summed E-state index contributed by atoms with van der Waals surface area (Å²) in [5.41, 5.74) is 5.70. The fourth-order valence-corrected chi connectivity index (χ4v) is 1.82. The lowest BCUT2D eigenvalue weighted by molar-refractivity contribution is -0.124. The van der Waals surface area contributed by atoms with Gasteiger partial charge in [-0.25, -0.2) is 9.48 Å². The van der Waals surface area contributed by atoms with Gasteiger partial charge < -0.3 is 16.2 Å². The highest BCUT2D eigenvalue weighted by atomic mass is 16.4. The van der Waals surface area contributed by atoms with Gasteiger partial charge in [0.05, 0.1) is 5.69 Å². The molecule has 1 fully saturated rings. The Hall–Kier alpha value is -1.96. The van der Waals surface area contributed by atoms with E-state index in [0.29, 0.717) is 12.1 Å². The van der Waals surface area contributed by atoms with E-state index in [4.69, 9.17) is 10.8 Å². The van der Waals surface area contributed by atoms with E-state index in [1.165, 1.54) is 4.68 Å². The summed E-state index contributed by atoms with van der Waals surface area (Å²) in [6, 6.07) is -0.349. The van der Waals surface area contributed by atoms with Gasteiger partial charge in [0.2, 0.25) is 5.91 Å². The van der Waals surface area contributed by atoms with Crippen LogP contribution in [-0.2, 0) is 11.2 Å². The van der Waals surface area contributed by atoms with Crippen molar-refractivity contribution in [1.29, 1.82) is 0 Å². The summed E-state index contributed by atoms with van der Waals surface area (Å²) in [4.78, 5) is 23.0. The van der Waals surface area contributed by atoms with E-state index in [1.807, 2.05) is 0 Å². The molecule has 2 rings (SSSR count). The molecule has 1 aromatic rings.